The maximum atomic E-state index is 12.4. The molecule has 1 unspecified atom stereocenters. The molecule has 4 rings (SSSR count). The van der Waals surface area contributed by atoms with Gasteiger partial charge in [-0.05, 0) is 56.1 Å². The molecule has 1 atom stereocenters. The Balaban J connectivity index is 1.10. The van der Waals surface area contributed by atoms with Crippen molar-refractivity contribution in [3.8, 4) is 0 Å². The van der Waals surface area contributed by atoms with Crippen LogP contribution in [0.15, 0.2) is 30.3 Å². The SMILES string of the molecule is O=C(NCC1CCN(c2ccccc2)C1)NC1CCN(CC2CCCCC2)CC1. The molecule has 0 aromatic heterocycles. The van der Waals surface area contributed by atoms with Gasteiger partial charge >= 0.3 is 6.03 Å². The number of hydrogen-bond acceptors (Lipinski definition) is 3. The van der Waals surface area contributed by atoms with Crippen LogP contribution >= 0.6 is 0 Å². The molecule has 160 valence electrons. The van der Waals surface area contributed by atoms with Crippen molar-refractivity contribution in [3.05, 3.63) is 30.3 Å². The quantitative estimate of drug-likeness (QED) is 0.765. The summed E-state index contributed by atoms with van der Waals surface area (Å²) in [6.07, 6.45) is 10.4. The van der Waals surface area contributed by atoms with Gasteiger partial charge in [-0.15, -0.1) is 0 Å². The average Bonchev–Trinajstić information content (AvgIpc) is 3.24. The monoisotopic (exact) mass is 398 g/mol. The fourth-order valence-electron chi connectivity index (χ4n) is 5.34. The van der Waals surface area contributed by atoms with Gasteiger partial charge in [-0.2, -0.15) is 0 Å². The molecule has 3 aliphatic rings. The molecule has 0 bridgehead atoms. The zero-order chi connectivity index (χ0) is 19.9. The molecule has 0 spiro atoms. The summed E-state index contributed by atoms with van der Waals surface area (Å²) in [7, 11) is 0. The number of piperidine rings is 1. The number of urea groups is 1. The van der Waals surface area contributed by atoms with Crippen molar-refractivity contribution in [1.82, 2.24) is 15.5 Å². The Kier molecular flexibility index (Phi) is 7.31. The van der Waals surface area contributed by atoms with E-state index in [0.29, 0.717) is 12.0 Å². The Morgan fingerprint density at radius 2 is 1.66 bits per heavy atom. The van der Waals surface area contributed by atoms with Crippen LogP contribution in [0.5, 0.6) is 0 Å². The minimum atomic E-state index is 0.0221. The molecule has 2 N–H and O–H groups in total. The highest BCUT2D eigenvalue weighted by Crippen LogP contribution is 2.26. The van der Waals surface area contributed by atoms with Gasteiger partial charge in [0, 0.05) is 51.0 Å². The molecule has 1 aromatic carbocycles. The van der Waals surface area contributed by atoms with E-state index in [1.807, 2.05) is 0 Å². The van der Waals surface area contributed by atoms with Crippen molar-refractivity contribution in [3.63, 3.8) is 0 Å². The number of nitrogens with one attached hydrogen (secondary N) is 2. The van der Waals surface area contributed by atoms with Gasteiger partial charge in [0.25, 0.3) is 0 Å². The number of carbonyl (C=O) groups is 1. The summed E-state index contributed by atoms with van der Waals surface area (Å²) in [5.74, 6) is 1.46. The summed E-state index contributed by atoms with van der Waals surface area (Å²) in [5, 5.41) is 6.35. The second-order valence-electron chi connectivity index (χ2n) is 9.37. The lowest BCUT2D eigenvalue weighted by molar-refractivity contribution is 0.155. The molecule has 1 aliphatic carbocycles. The highest BCUT2D eigenvalue weighted by atomic mass is 16.2. The first-order valence-electron chi connectivity index (χ1n) is 11.8. The minimum absolute atomic E-state index is 0.0221. The average molecular weight is 399 g/mol. The van der Waals surface area contributed by atoms with Crippen LogP contribution in [0.25, 0.3) is 0 Å². The summed E-state index contributed by atoms with van der Waals surface area (Å²) in [6, 6.07) is 10.9. The van der Waals surface area contributed by atoms with E-state index in [1.165, 1.54) is 44.3 Å². The van der Waals surface area contributed by atoms with Gasteiger partial charge in [0.1, 0.15) is 0 Å². The fraction of sp³-hybridized carbons (Fsp3) is 0.708. The summed E-state index contributed by atoms with van der Waals surface area (Å²) in [4.78, 5) is 17.4. The summed E-state index contributed by atoms with van der Waals surface area (Å²) < 4.78 is 0. The molecule has 29 heavy (non-hydrogen) atoms. The van der Waals surface area contributed by atoms with E-state index in [1.54, 1.807) is 0 Å². The Hall–Kier alpha value is -1.75. The Morgan fingerprint density at radius 3 is 2.41 bits per heavy atom. The molecule has 1 saturated carbocycles. The first-order valence-corrected chi connectivity index (χ1v) is 11.8. The van der Waals surface area contributed by atoms with Crippen molar-refractivity contribution >= 4 is 11.7 Å². The number of nitrogens with zero attached hydrogens (tertiary/aromatic N) is 2. The van der Waals surface area contributed by atoms with E-state index in [0.717, 1.165) is 57.9 Å². The van der Waals surface area contributed by atoms with Crippen molar-refractivity contribution in [2.75, 3.05) is 44.2 Å². The Bertz CT molecular complexity index is 623. The maximum absolute atomic E-state index is 12.4. The number of para-hydroxylation sites is 1. The molecule has 2 saturated heterocycles. The van der Waals surface area contributed by atoms with Crippen LogP contribution in [-0.4, -0.2) is 56.2 Å². The number of rotatable bonds is 6. The first-order chi connectivity index (χ1) is 14.3. The molecular weight excluding hydrogens is 360 g/mol. The molecule has 5 heteroatoms. The van der Waals surface area contributed by atoms with E-state index < -0.39 is 0 Å². The maximum Gasteiger partial charge on any atom is 0.315 e. The van der Waals surface area contributed by atoms with Gasteiger partial charge in [-0.1, -0.05) is 37.5 Å². The van der Waals surface area contributed by atoms with Gasteiger partial charge in [-0.3, -0.25) is 0 Å². The number of benzene rings is 1. The third-order valence-electron chi connectivity index (χ3n) is 7.12. The molecule has 2 heterocycles. The first kappa shape index (κ1) is 20.5. The topological polar surface area (TPSA) is 47.6 Å². The lowest BCUT2D eigenvalue weighted by Crippen LogP contribution is -2.49. The van der Waals surface area contributed by atoms with E-state index in [-0.39, 0.29) is 6.03 Å². The van der Waals surface area contributed by atoms with E-state index >= 15 is 0 Å². The van der Waals surface area contributed by atoms with Gasteiger partial charge in [0.15, 0.2) is 0 Å². The molecule has 2 aliphatic heterocycles. The number of likely N-dealkylation sites (tertiary alicyclic amines) is 1. The van der Waals surface area contributed by atoms with E-state index in [4.69, 9.17) is 0 Å². The highest BCUT2D eigenvalue weighted by molar-refractivity contribution is 5.74. The van der Waals surface area contributed by atoms with Crippen molar-refractivity contribution in [2.45, 2.75) is 57.4 Å². The molecule has 1 aromatic rings. The van der Waals surface area contributed by atoms with Gasteiger partial charge < -0.3 is 20.4 Å². The summed E-state index contributed by atoms with van der Waals surface area (Å²) in [6.45, 7) is 6.43. The van der Waals surface area contributed by atoms with Crippen LogP contribution in [0.3, 0.4) is 0 Å². The zero-order valence-corrected chi connectivity index (χ0v) is 17.8. The third-order valence-corrected chi connectivity index (χ3v) is 7.12. The number of amides is 2. The van der Waals surface area contributed by atoms with Crippen LogP contribution in [-0.2, 0) is 0 Å². The van der Waals surface area contributed by atoms with Crippen LogP contribution in [0.1, 0.15) is 51.4 Å². The van der Waals surface area contributed by atoms with Crippen LogP contribution in [0, 0.1) is 11.8 Å². The molecular formula is C24H38N4O. The molecule has 2 amide bonds. The lowest BCUT2D eigenvalue weighted by atomic mass is 9.88. The Morgan fingerprint density at radius 1 is 0.897 bits per heavy atom. The molecule has 0 radical (unpaired) electrons. The number of hydrogen-bond donors (Lipinski definition) is 2. The van der Waals surface area contributed by atoms with Crippen LogP contribution in [0.2, 0.25) is 0 Å². The van der Waals surface area contributed by atoms with Gasteiger partial charge in [-0.25, -0.2) is 4.79 Å². The number of carbonyl (C=O) groups excluding carboxylic acids is 1. The van der Waals surface area contributed by atoms with E-state index in [9.17, 15) is 4.79 Å². The predicted octanol–water partition coefficient (Wildman–Crippen LogP) is 3.86. The van der Waals surface area contributed by atoms with Crippen LogP contribution < -0.4 is 15.5 Å². The Labute approximate surface area is 176 Å². The molecule has 3 fully saturated rings. The standard InChI is InChI=1S/C24H38N4O/c29-24(25-17-21-11-16-28(19-21)23-9-5-2-6-10-23)26-22-12-14-27(15-13-22)18-20-7-3-1-4-8-20/h2,5-6,9-10,20-22H,1,3-4,7-8,11-19H2,(H2,25,26,29). The highest BCUT2D eigenvalue weighted by Gasteiger charge is 2.25. The van der Waals surface area contributed by atoms with Crippen molar-refractivity contribution in [2.24, 2.45) is 11.8 Å². The largest absolute Gasteiger partial charge is 0.371 e. The fourth-order valence-corrected chi connectivity index (χ4v) is 5.34. The van der Waals surface area contributed by atoms with Crippen LogP contribution in [0.4, 0.5) is 10.5 Å². The van der Waals surface area contributed by atoms with Crippen molar-refractivity contribution in [1.29, 1.82) is 0 Å². The predicted molar refractivity (Wildman–Crippen MR) is 119 cm³/mol. The van der Waals surface area contributed by atoms with Gasteiger partial charge in [0.2, 0.25) is 0 Å². The normalized spacial score (nSPS) is 24.6. The second-order valence-corrected chi connectivity index (χ2v) is 9.37. The summed E-state index contributed by atoms with van der Waals surface area (Å²) in [5.41, 5.74) is 1.29. The molecule has 5 nitrogen and oxygen atoms in total. The summed E-state index contributed by atoms with van der Waals surface area (Å²) >= 11 is 0. The third kappa shape index (κ3) is 6.11. The van der Waals surface area contributed by atoms with E-state index in [2.05, 4.69) is 50.8 Å². The van der Waals surface area contributed by atoms with Gasteiger partial charge in [0.05, 0.1) is 0 Å². The smallest absolute Gasteiger partial charge is 0.315 e. The number of anilines is 1. The lowest BCUT2D eigenvalue weighted by Gasteiger charge is -2.35. The minimum Gasteiger partial charge on any atom is -0.371 e. The zero-order valence-electron chi connectivity index (χ0n) is 17.8. The van der Waals surface area contributed by atoms with Crippen molar-refractivity contribution < 1.29 is 4.79 Å². The second kappa shape index (κ2) is 10.3.